The minimum Gasteiger partial charge on any atom is -0.486 e. The van der Waals surface area contributed by atoms with Crippen LogP contribution in [0.15, 0.2) is 35.3 Å². The first kappa shape index (κ1) is 20.2. The maximum Gasteiger partial charge on any atom is 0.325 e. The molecule has 1 aromatic heterocycles. The van der Waals surface area contributed by atoms with Gasteiger partial charge in [-0.25, -0.2) is 0 Å². The number of thiazole rings is 1. The molecule has 0 unspecified atom stereocenters. The highest BCUT2D eigenvalue weighted by Gasteiger charge is 2.18. The highest BCUT2D eigenvalue weighted by molar-refractivity contribution is 7.16. The van der Waals surface area contributed by atoms with Crippen molar-refractivity contribution in [3.63, 3.8) is 0 Å². The minimum atomic E-state index is -0.423. The summed E-state index contributed by atoms with van der Waals surface area (Å²) in [4.78, 5) is 29.5. The maximum atomic E-state index is 12.7. The second kappa shape index (κ2) is 8.31. The van der Waals surface area contributed by atoms with Crippen molar-refractivity contribution in [2.75, 3.05) is 20.3 Å². The second-order valence-corrected chi connectivity index (χ2v) is 8.13. The summed E-state index contributed by atoms with van der Waals surface area (Å²) in [6.07, 6.45) is 0.197. The number of rotatable bonds is 4. The summed E-state index contributed by atoms with van der Waals surface area (Å²) in [6, 6.07) is 9.69. The largest absolute Gasteiger partial charge is 0.486 e. The van der Waals surface area contributed by atoms with Crippen molar-refractivity contribution in [2.45, 2.75) is 26.8 Å². The van der Waals surface area contributed by atoms with Crippen LogP contribution in [0.1, 0.15) is 16.7 Å². The molecule has 0 N–H and O–H groups in total. The number of aryl methyl sites for hydroxylation is 2. The Balaban J connectivity index is 1.77. The van der Waals surface area contributed by atoms with Crippen molar-refractivity contribution in [3.05, 3.63) is 51.8 Å². The van der Waals surface area contributed by atoms with Crippen LogP contribution in [-0.2, 0) is 27.3 Å². The topological polar surface area (TPSA) is 79.1 Å². The van der Waals surface area contributed by atoms with Crippen molar-refractivity contribution < 1.29 is 23.8 Å². The molecule has 1 aliphatic heterocycles. The van der Waals surface area contributed by atoms with Crippen LogP contribution in [0.3, 0.4) is 0 Å². The van der Waals surface area contributed by atoms with Gasteiger partial charge < -0.3 is 18.8 Å². The van der Waals surface area contributed by atoms with E-state index in [4.69, 9.17) is 14.2 Å². The van der Waals surface area contributed by atoms with E-state index in [1.165, 1.54) is 18.4 Å². The van der Waals surface area contributed by atoms with Gasteiger partial charge in [-0.05, 0) is 25.0 Å². The van der Waals surface area contributed by atoms with Gasteiger partial charge >= 0.3 is 5.97 Å². The van der Waals surface area contributed by atoms with E-state index >= 15 is 0 Å². The lowest BCUT2D eigenvalue weighted by atomic mass is 10.0. The molecule has 1 amide bonds. The summed E-state index contributed by atoms with van der Waals surface area (Å²) in [6.45, 7) is 4.87. The molecule has 8 heteroatoms. The van der Waals surface area contributed by atoms with Gasteiger partial charge in [-0.15, -0.1) is 0 Å². The molecule has 0 fully saturated rings. The molecule has 0 atom stereocenters. The summed E-state index contributed by atoms with van der Waals surface area (Å²) in [5.74, 6) is 0.561. The van der Waals surface area contributed by atoms with Crippen molar-refractivity contribution in [3.8, 4) is 11.5 Å². The molecule has 0 spiro atoms. The number of esters is 1. The molecular formula is C22H22N2O5S. The third-order valence-corrected chi connectivity index (χ3v) is 5.97. The zero-order valence-electron chi connectivity index (χ0n) is 17.1. The lowest BCUT2D eigenvalue weighted by Gasteiger charge is -2.18. The van der Waals surface area contributed by atoms with Crippen molar-refractivity contribution >= 4 is 33.4 Å². The van der Waals surface area contributed by atoms with E-state index in [1.807, 2.05) is 44.2 Å². The lowest BCUT2D eigenvalue weighted by Crippen LogP contribution is -2.23. The SMILES string of the molecule is COC(=O)Cn1c(=NC(=O)Cc2cc(C)ccc2C)sc2cc3c(cc21)OCCO3. The van der Waals surface area contributed by atoms with E-state index < -0.39 is 5.97 Å². The monoisotopic (exact) mass is 426 g/mol. The Bertz CT molecular complexity index is 1210. The highest BCUT2D eigenvalue weighted by Crippen LogP contribution is 2.35. The van der Waals surface area contributed by atoms with Crippen LogP contribution in [0.5, 0.6) is 11.5 Å². The quantitative estimate of drug-likeness (QED) is 0.600. The Kier molecular flexibility index (Phi) is 5.59. The number of carbonyl (C=O) groups is 2. The van der Waals surface area contributed by atoms with Gasteiger partial charge in [0.15, 0.2) is 16.3 Å². The Morgan fingerprint density at radius 2 is 1.87 bits per heavy atom. The maximum absolute atomic E-state index is 12.7. The first-order chi connectivity index (χ1) is 14.4. The third kappa shape index (κ3) is 4.09. The van der Waals surface area contributed by atoms with Crippen molar-refractivity contribution in [1.29, 1.82) is 0 Å². The van der Waals surface area contributed by atoms with E-state index in [-0.39, 0.29) is 18.9 Å². The molecule has 3 aromatic rings. The van der Waals surface area contributed by atoms with Gasteiger partial charge in [0.05, 0.1) is 23.7 Å². The van der Waals surface area contributed by atoms with Gasteiger partial charge in [0.2, 0.25) is 0 Å². The van der Waals surface area contributed by atoms with Gasteiger partial charge in [-0.2, -0.15) is 4.99 Å². The molecule has 0 aliphatic carbocycles. The zero-order valence-corrected chi connectivity index (χ0v) is 17.9. The molecule has 0 saturated heterocycles. The van der Waals surface area contributed by atoms with Crippen molar-refractivity contribution in [1.82, 2.24) is 4.57 Å². The Morgan fingerprint density at radius 3 is 2.60 bits per heavy atom. The number of hydrogen-bond donors (Lipinski definition) is 0. The number of aromatic nitrogens is 1. The molecule has 1 aliphatic rings. The smallest absolute Gasteiger partial charge is 0.325 e. The van der Waals surface area contributed by atoms with Gasteiger partial charge in [0.1, 0.15) is 19.8 Å². The summed E-state index contributed by atoms with van der Waals surface area (Å²) in [5, 5.41) is 0. The van der Waals surface area contributed by atoms with Crippen LogP contribution in [0, 0.1) is 13.8 Å². The van der Waals surface area contributed by atoms with Crippen LogP contribution in [-0.4, -0.2) is 36.8 Å². The Labute approximate surface area is 177 Å². The Hall–Kier alpha value is -3.13. The van der Waals surface area contributed by atoms with Crippen LogP contribution in [0.25, 0.3) is 10.2 Å². The van der Waals surface area contributed by atoms with Crippen molar-refractivity contribution in [2.24, 2.45) is 4.99 Å². The molecular weight excluding hydrogens is 404 g/mol. The van der Waals surface area contributed by atoms with Crippen LogP contribution >= 0.6 is 11.3 Å². The normalized spacial score (nSPS) is 13.5. The highest BCUT2D eigenvalue weighted by atomic mass is 32.1. The zero-order chi connectivity index (χ0) is 21.3. The predicted octanol–water partition coefficient (Wildman–Crippen LogP) is 2.93. The fourth-order valence-electron chi connectivity index (χ4n) is 3.34. The number of benzene rings is 2. The summed E-state index contributed by atoms with van der Waals surface area (Å²) in [7, 11) is 1.33. The van der Waals surface area contributed by atoms with Crippen LogP contribution in [0.4, 0.5) is 0 Å². The first-order valence-corrected chi connectivity index (χ1v) is 10.4. The number of carbonyl (C=O) groups excluding carboxylic acids is 2. The summed E-state index contributed by atoms with van der Waals surface area (Å²) >= 11 is 1.33. The number of nitrogens with zero attached hydrogens (tertiary/aromatic N) is 2. The Morgan fingerprint density at radius 1 is 1.13 bits per heavy atom. The van der Waals surface area contributed by atoms with E-state index in [2.05, 4.69) is 4.99 Å². The van der Waals surface area contributed by atoms with Gasteiger partial charge in [-0.1, -0.05) is 35.1 Å². The number of amides is 1. The first-order valence-electron chi connectivity index (χ1n) is 9.58. The number of fused-ring (bicyclic) bond motifs is 2. The van der Waals surface area contributed by atoms with Gasteiger partial charge in [0.25, 0.3) is 5.91 Å². The standard InChI is InChI=1S/C22H22N2O5S/c1-13-4-5-14(2)15(8-13)9-20(25)23-22-24(12-21(26)27-3)16-10-17-18(11-19(16)30-22)29-7-6-28-17/h4-5,8,10-11H,6-7,9,12H2,1-3H3. The number of ether oxygens (including phenoxy) is 3. The number of hydrogen-bond acceptors (Lipinski definition) is 6. The van der Waals surface area contributed by atoms with E-state index in [9.17, 15) is 9.59 Å². The molecule has 0 radical (unpaired) electrons. The molecule has 30 heavy (non-hydrogen) atoms. The molecule has 0 saturated carbocycles. The predicted molar refractivity (Wildman–Crippen MR) is 113 cm³/mol. The van der Waals surface area contributed by atoms with E-state index in [1.54, 1.807) is 4.57 Å². The van der Waals surface area contributed by atoms with Gasteiger partial charge in [-0.3, -0.25) is 9.59 Å². The molecule has 2 aromatic carbocycles. The fourth-order valence-corrected chi connectivity index (χ4v) is 4.39. The molecule has 7 nitrogen and oxygen atoms in total. The summed E-state index contributed by atoms with van der Waals surface area (Å²) < 4.78 is 18.7. The fraction of sp³-hybridized carbons (Fsp3) is 0.318. The average Bonchev–Trinajstić information content (AvgIpc) is 3.04. The number of methoxy groups -OCH3 is 1. The van der Waals surface area contributed by atoms with Crippen LogP contribution in [0.2, 0.25) is 0 Å². The van der Waals surface area contributed by atoms with Crippen LogP contribution < -0.4 is 14.3 Å². The molecule has 0 bridgehead atoms. The minimum absolute atomic E-state index is 0.0499. The molecule has 156 valence electrons. The summed E-state index contributed by atoms with van der Waals surface area (Å²) in [5.41, 5.74) is 3.83. The van der Waals surface area contributed by atoms with E-state index in [0.29, 0.717) is 29.5 Å². The molecule has 4 rings (SSSR count). The van der Waals surface area contributed by atoms with E-state index in [0.717, 1.165) is 26.9 Å². The average molecular weight is 426 g/mol. The third-order valence-electron chi connectivity index (χ3n) is 4.93. The van der Waals surface area contributed by atoms with Gasteiger partial charge in [0, 0.05) is 12.1 Å². The molecule has 2 heterocycles. The second-order valence-electron chi connectivity index (χ2n) is 7.12. The lowest BCUT2D eigenvalue weighted by molar-refractivity contribution is -0.141.